The maximum Gasteiger partial charge on any atom is 0.330 e. The molecular weight excluding hydrogens is 330 g/mol. The lowest BCUT2D eigenvalue weighted by molar-refractivity contribution is -0.137. The number of allylic oxidation sites excluding steroid dienone is 2. The minimum absolute atomic E-state index is 0.0961. The average molecular weight is 360 g/mol. The van der Waals surface area contributed by atoms with E-state index in [1.165, 1.54) is 22.5 Å². The first-order chi connectivity index (χ1) is 11.7. The zero-order valence-corrected chi connectivity index (χ0v) is 17.1. The highest BCUT2D eigenvalue weighted by atomic mass is 28.4. The monoisotopic (exact) mass is 359 g/mol. The van der Waals surface area contributed by atoms with Gasteiger partial charge in [0.15, 0.2) is 0 Å². The van der Waals surface area contributed by atoms with E-state index in [1.807, 2.05) is 27.1 Å². The summed E-state index contributed by atoms with van der Waals surface area (Å²) in [4.78, 5) is 13.6. The van der Waals surface area contributed by atoms with E-state index in [2.05, 4.69) is 49.2 Å². The molecule has 1 atom stereocenters. The Kier molecular flexibility index (Phi) is 6.24. The van der Waals surface area contributed by atoms with Gasteiger partial charge in [-0.2, -0.15) is 0 Å². The van der Waals surface area contributed by atoms with Crippen molar-refractivity contribution in [3.05, 3.63) is 52.8 Å². The molecule has 0 amide bonds. The molecule has 0 N–H and O–H groups in total. The van der Waals surface area contributed by atoms with Gasteiger partial charge in [0.25, 0.3) is 0 Å². The quantitative estimate of drug-likeness (QED) is 0.444. The molecule has 1 aromatic rings. The molecule has 1 heterocycles. The number of hydrogen-bond donors (Lipinski definition) is 0. The summed E-state index contributed by atoms with van der Waals surface area (Å²) in [6, 6.07) is 8.55. The van der Waals surface area contributed by atoms with Gasteiger partial charge in [-0.05, 0) is 56.3 Å². The van der Waals surface area contributed by atoms with Crippen molar-refractivity contribution in [1.29, 1.82) is 0 Å². The van der Waals surface area contributed by atoms with Crippen LogP contribution < -0.4 is 4.90 Å². The average Bonchev–Trinajstić information content (AvgIpc) is 2.88. The third kappa shape index (κ3) is 4.83. The number of hydrogen-bond acceptors (Lipinski definition) is 4. The van der Waals surface area contributed by atoms with Crippen molar-refractivity contribution in [1.82, 2.24) is 0 Å². The van der Waals surface area contributed by atoms with E-state index in [0.717, 1.165) is 12.0 Å². The van der Waals surface area contributed by atoms with Crippen LogP contribution in [0.25, 0.3) is 0 Å². The van der Waals surface area contributed by atoms with Gasteiger partial charge in [-0.25, -0.2) is 4.79 Å². The smallest absolute Gasteiger partial charge is 0.330 e. The summed E-state index contributed by atoms with van der Waals surface area (Å²) >= 11 is 0. The summed E-state index contributed by atoms with van der Waals surface area (Å²) in [6.07, 6.45) is 4.36. The van der Waals surface area contributed by atoms with Crippen LogP contribution in [0.1, 0.15) is 31.9 Å². The summed E-state index contributed by atoms with van der Waals surface area (Å²) < 4.78 is 11.4. The molecule has 1 unspecified atom stereocenters. The molecular formula is C20H29NO3Si. The van der Waals surface area contributed by atoms with Crippen molar-refractivity contribution in [2.75, 3.05) is 25.6 Å². The molecule has 0 bridgehead atoms. The molecule has 0 spiro atoms. The Morgan fingerprint density at radius 2 is 1.92 bits per heavy atom. The molecule has 0 saturated carbocycles. The topological polar surface area (TPSA) is 38.8 Å². The van der Waals surface area contributed by atoms with Gasteiger partial charge in [0.1, 0.15) is 0 Å². The fraction of sp³-hybridized carbons (Fsp3) is 0.450. The van der Waals surface area contributed by atoms with Crippen molar-refractivity contribution in [3.8, 4) is 0 Å². The molecule has 1 aliphatic rings. The van der Waals surface area contributed by atoms with Crippen LogP contribution in [0.2, 0.25) is 13.1 Å². The first kappa shape index (κ1) is 19.5. The molecule has 0 aromatic heterocycles. The summed E-state index contributed by atoms with van der Waals surface area (Å²) in [5, 5.41) is 1.36. The number of rotatable bonds is 5. The summed E-state index contributed by atoms with van der Waals surface area (Å²) in [7, 11) is 2.14. The van der Waals surface area contributed by atoms with E-state index >= 15 is 0 Å². The number of carbonyl (C=O) groups excluding carboxylic acids is 1. The van der Waals surface area contributed by atoms with Gasteiger partial charge >= 0.3 is 5.97 Å². The molecule has 5 heteroatoms. The lowest BCUT2D eigenvalue weighted by Gasteiger charge is -2.20. The highest BCUT2D eigenvalue weighted by molar-refractivity contribution is 6.79. The molecule has 1 fully saturated rings. The van der Waals surface area contributed by atoms with Crippen LogP contribution in [0.4, 0.5) is 5.69 Å². The molecule has 136 valence electrons. The van der Waals surface area contributed by atoms with Crippen molar-refractivity contribution < 1.29 is 14.0 Å². The van der Waals surface area contributed by atoms with Crippen molar-refractivity contribution in [3.63, 3.8) is 0 Å². The molecule has 1 aliphatic heterocycles. The lowest BCUT2D eigenvalue weighted by Crippen LogP contribution is -2.28. The van der Waals surface area contributed by atoms with Gasteiger partial charge in [0, 0.05) is 25.9 Å². The van der Waals surface area contributed by atoms with Crippen molar-refractivity contribution in [2.45, 2.75) is 39.5 Å². The van der Waals surface area contributed by atoms with E-state index in [-0.39, 0.29) is 12.1 Å². The summed E-state index contributed by atoms with van der Waals surface area (Å²) in [5.41, 5.74) is 3.52. The molecule has 1 aromatic carbocycles. The molecule has 1 saturated heterocycles. The standard InChI is InChI=1S/C20H29NO3Si/c1-7-23-20(22)13-8-15(2)19-14-18(24-25(19,5)6)16-9-11-17(12-10-16)21(3)4/h8-13,18H,7,14H2,1-6H3/b13-8+,19-15-. The van der Waals surface area contributed by atoms with Crippen LogP contribution in [0.5, 0.6) is 0 Å². The second-order valence-electron chi connectivity index (χ2n) is 7.05. The first-order valence-electron chi connectivity index (χ1n) is 8.74. The maximum absolute atomic E-state index is 11.5. The highest BCUT2D eigenvalue weighted by Gasteiger charge is 2.40. The number of anilines is 1. The Morgan fingerprint density at radius 3 is 2.48 bits per heavy atom. The van der Waals surface area contributed by atoms with Crippen LogP contribution >= 0.6 is 0 Å². The fourth-order valence-electron chi connectivity index (χ4n) is 3.19. The van der Waals surface area contributed by atoms with Gasteiger partial charge in [0.05, 0.1) is 12.7 Å². The van der Waals surface area contributed by atoms with Crippen molar-refractivity contribution in [2.24, 2.45) is 0 Å². The fourth-order valence-corrected chi connectivity index (χ4v) is 5.98. The number of esters is 1. The molecule has 0 aliphatic carbocycles. The Morgan fingerprint density at radius 1 is 1.28 bits per heavy atom. The Balaban J connectivity index is 2.19. The number of benzene rings is 1. The van der Waals surface area contributed by atoms with Gasteiger partial charge < -0.3 is 14.1 Å². The minimum Gasteiger partial charge on any atom is -0.463 e. The van der Waals surface area contributed by atoms with E-state index in [9.17, 15) is 4.79 Å². The van der Waals surface area contributed by atoms with E-state index in [1.54, 1.807) is 0 Å². The predicted molar refractivity (Wildman–Crippen MR) is 105 cm³/mol. The minimum atomic E-state index is -1.94. The van der Waals surface area contributed by atoms with Crippen LogP contribution in [0.3, 0.4) is 0 Å². The molecule has 4 nitrogen and oxygen atoms in total. The molecule has 0 radical (unpaired) electrons. The Labute approximate surface area is 152 Å². The third-order valence-corrected chi connectivity index (χ3v) is 7.49. The SMILES string of the molecule is CCOC(=O)/C=C/C(C)=C1/CC(c2ccc(N(C)C)cc2)O[Si]1(C)C. The lowest BCUT2D eigenvalue weighted by atomic mass is 10.0. The number of carbonyl (C=O) groups is 1. The second kappa shape index (κ2) is 8.02. The zero-order valence-electron chi connectivity index (χ0n) is 16.1. The van der Waals surface area contributed by atoms with Crippen LogP contribution in [0, 0.1) is 0 Å². The van der Waals surface area contributed by atoms with Gasteiger partial charge in [-0.3, -0.25) is 0 Å². The zero-order chi connectivity index (χ0) is 18.6. The maximum atomic E-state index is 11.5. The molecule has 25 heavy (non-hydrogen) atoms. The molecule has 2 rings (SSSR count). The second-order valence-corrected chi connectivity index (χ2v) is 10.9. The first-order valence-corrected chi connectivity index (χ1v) is 11.7. The van der Waals surface area contributed by atoms with Crippen LogP contribution in [0.15, 0.2) is 47.2 Å². The van der Waals surface area contributed by atoms with E-state index < -0.39 is 8.32 Å². The predicted octanol–water partition coefficient (Wildman–Crippen LogP) is 4.39. The Bertz CT molecular complexity index is 675. The van der Waals surface area contributed by atoms with Gasteiger partial charge in [-0.15, -0.1) is 0 Å². The van der Waals surface area contributed by atoms with Crippen LogP contribution in [-0.4, -0.2) is 35.0 Å². The van der Waals surface area contributed by atoms with Crippen LogP contribution in [-0.2, 0) is 14.0 Å². The van der Waals surface area contributed by atoms with Crippen molar-refractivity contribution >= 4 is 20.0 Å². The number of ether oxygens (including phenoxy) is 1. The normalized spacial score (nSPS) is 21.4. The Hall–Kier alpha value is -1.85. The third-order valence-electron chi connectivity index (χ3n) is 4.57. The number of nitrogens with zero attached hydrogens (tertiary/aromatic N) is 1. The van der Waals surface area contributed by atoms with E-state index in [4.69, 9.17) is 9.16 Å². The van der Waals surface area contributed by atoms with Gasteiger partial charge in [-0.1, -0.05) is 23.8 Å². The highest BCUT2D eigenvalue weighted by Crippen LogP contribution is 2.42. The van der Waals surface area contributed by atoms with E-state index in [0.29, 0.717) is 6.61 Å². The van der Waals surface area contributed by atoms with Gasteiger partial charge in [0.2, 0.25) is 8.32 Å². The summed E-state index contributed by atoms with van der Waals surface area (Å²) in [6.45, 7) is 8.70. The summed E-state index contributed by atoms with van der Waals surface area (Å²) in [5.74, 6) is -0.295. The largest absolute Gasteiger partial charge is 0.463 e.